The van der Waals surface area contributed by atoms with E-state index in [4.69, 9.17) is 0 Å². The van der Waals surface area contributed by atoms with Crippen molar-refractivity contribution in [3.63, 3.8) is 0 Å². The minimum atomic E-state index is -4.79. The Labute approximate surface area is 415 Å². The van der Waals surface area contributed by atoms with E-state index in [1.807, 2.05) is 4.57 Å². The van der Waals surface area contributed by atoms with E-state index in [-0.39, 0.29) is 11.1 Å². The van der Waals surface area contributed by atoms with Gasteiger partial charge in [-0.15, -0.1) is 0 Å². The third-order valence-corrected chi connectivity index (χ3v) is 14.3. The van der Waals surface area contributed by atoms with Crippen LogP contribution in [0, 0.1) is 39.0 Å². The molecule has 2 heterocycles. The van der Waals surface area contributed by atoms with Gasteiger partial charge < -0.3 is 9.13 Å². The van der Waals surface area contributed by atoms with E-state index < -0.39 is 11.7 Å². The SMILES string of the molecule is Cc1ccc(-c2ccc3c4ccc(-c5ccc(C)cc5)cc4n(-c4cc(-c5cccc(C#N)c5)c(C(F)(F)F)cc4-n4c5cc(-c6ccc(C)cc6)ccc5c5ccc(-c6ccc(C)cc6)cc54)c3c2)cc1. The molecule has 0 fully saturated rings. The van der Waals surface area contributed by atoms with Gasteiger partial charge >= 0.3 is 6.18 Å². The molecule has 0 spiro atoms. The van der Waals surface area contributed by atoms with Crippen LogP contribution in [0.25, 0.3) is 111 Å². The normalized spacial score (nSPS) is 11.8. The third kappa shape index (κ3) is 7.71. The smallest absolute Gasteiger partial charge is 0.307 e. The van der Waals surface area contributed by atoms with Gasteiger partial charge in [0.25, 0.3) is 0 Å². The van der Waals surface area contributed by atoms with Gasteiger partial charge in [0.05, 0.1) is 50.6 Å². The van der Waals surface area contributed by atoms with Crippen LogP contribution in [-0.4, -0.2) is 9.13 Å². The maximum absolute atomic E-state index is 16.2. The van der Waals surface area contributed by atoms with Crippen molar-refractivity contribution in [2.45, 2.75) is 33.9 Å². The van der Waals surface area contributed by atoms with Crippen molar-refractivity contribution in [2.24, 2.45) is 0 Å². The summed E-state index contributed by atoms with van der Waals surface area (Å²) in [6, 6.07) is 70.7. The highest BCUT2D eigenvalue weighted by Gasteiger charge is 2.36. The lowest BCUT2D eigenvalue weighted by Crippen LogP contribution is -2.12. The van der Waals surface area contributed by atoms with Crippen molar-refractivity contribution < 1.29 is 13.2 Å². The predicted molar refractivity (Wildman–Crippen MR) is 291 cm³/mol. The summed E-state index contributed by atoms with van der Waals surface area (Å²) in [6.45, 7) is 8.24. The topological polar surface area (TPSA) is 33.6 Å². The number of fused-ring (bicyclic) bond motifs is 6. The lowest BCUT2D eigenvalue weighted by molar-refractivity contribution is -0.137. The molecule has 10 aromatic carbocycles. The Bertz CT molecular complexity index is 3940. The van der Waals surface area contributed by atoms with Crippen LogP contribution in [-0.2, 0) is 6.18 Å². The van der Waals surface area contributed by atoms with Crippen LogP contribution in [0.1, 0.15) is 33.4 Å². The van der Waals surface area contributed by atoms with E-state index in [0.29, 0.717) is 16.9 Å². The largest absolute Gasteiger partial charge is 0.417 e. The average molecular weight is 938 g/mol. The van der Waals surface area contributed by atoms with Gasteiger partial charge in [0, 0.05) is 21.5 Å². The summed E-state index contributed by atoms with van der Waals surface area (Å²) < 4.78 is 52.9. The van der Waals surface area contributed by atoms with Crippen LogP contribution < -0.4 is 0 Å². The molecule has 0 amide bonds. The van der Waals surface area contributed by atoms with Crippen LogP contribution in [0.3, 0.4) is 0 Å². The van der Waals surface area contributed by atoms with Gasteiger partial charge in [0.1, 0.15) is 0 Å². The van der Waals surface area contributed by atoms with E-state index in [0.717, 1.165) is 110 Å². The first-order valence-corrected chi connectivity index (χ1v) is 24.1. The molecule has 0 aliphatic rings. The number of benzene rings is 10. The van der Waals surface area contributed by atoms with Crippen LogP contribution in [0.5, 0.6) is 0 Å². The highest BCUT2D eigenvalue weighted by Crippen LogP contribution is 2.47. The second-order valence-electron chi connectivity index (χ2n) is 19.1. The lowest BCUT2D eigenvalue weighted by atomic mass is 9.95. The lowest BCUT2D eigenvalue weighted by Gasteiger charge is -2.22. The molecule has 0 atom stereocenters. The zero-order valence-electron chi connectivity index (χ0n) is 40.1. The molecule has 0 N–H and O–H groups in total. The average Bonchev–Trinajstić information content (AvgIpc) is 3.89. The number of halogens is 3. The van der Waals surface area contributed by atoms with Crippen LogP contribution in [0.2, 0.25) is 0 Å². The Kier molecular flexibility index (Phi) is 10.6. The monoisotopic (exact) mass is 937 g/mol. The van der Waals surface area contributed by atoms with Gasteiger partial charge in [-0.25, -0.2) is 0 Å². The molecule has 0 saturated heterocycles. The van der Waals surface area contributed by atoms with E-state index in [1.165, 1.54) is 6.07 Å². The number of nitrogens with zero attached hydrogens (tertiary/aromatic N) is 3. The van der Waals surface area contributed by atoms with Gasteiger partial charge in [-0.2, -0.15) is 18.4 Å². The molecule has 0 unspecified atom stereocenters. The van der Waals surface area contributed by atoms with Gasteiger partial charge in [0.15, 0.2) is 0 Å². The fraction of sp³-hybridized carbons (Fsp3) is 0.0758. The van der Waals surface area contributed by atoms with Crippen molar-refractivity contribution in [3.8, 4) is 73.1 Å². The number of hydrogen-bond acceptors (Lipinski definition) is 1. The number of alkyl halides is 3. The Hall–Kier alpha value is -8.92. The molecule has 3 nitrogen and oxygen atoms in total. The van der Waals surface area contributed by atoms with Gasteiger partial charge in [-0.05, 0) is 132 Å². The van der Waals surface area contributed by atoms with Crippen molar-refractivity contribution in [1.29, 1.82) is 5.26 Å². The van der Waals surface area contributed by atoms with Crippen molar-refractivity contribution >= 4 is 43.6 Å². The van der Waals surface area contributed by atoms with E-state index >= 15 is 13.2 Å². The fourth-order valence-corrected chi connectivity index (χ4v) is 10.4. The number of rotatable bonds is 7. The summed E-state index contributed by atoms with van der Waals surface area (Å²) >= 11 is 0. The van der Waals surface area contributed by atoms with E-state index in [9.17, 15) is 5.26 Å². The summed E-state index contributed by atoms with van der Waals surface area (Å²) in [5, 5.41) is 13.8. The molecule has 346 valence electrons. The molecule has 0 bridgehead atoms. The van der Waals surface area contributed by atoms with Gasteiger partial charge in [-0.1, -0.05) is 180 Å². The van der Waals surface area contributed by atoms with Crippen LogP contribution in [0.15, 0.2) is 206 Å². The maximum Gasteiger partial charge on any atom is 0.417 e. The fourth-order valence-electron chi connectivity index (χ4n) is 10.4. The predicted octanol–water partition coefficient (Wildman–Crippen LogP) is 18.3. The van der Waals surface area contributed by atoms with E-state index in [1.54, 1.807) is 30.3 Å². The summed E-state index contributed by atoms with van der Waals surface area (Å²) in [4.78, 5) is 0. The molecule has 0 saturated carbocycles. The summed E-state index contributed by atoms with van der Waals surface area (Å²) in [6.07, 6.45) is -4.79. The van der Waals surface area contributed by atoms with Gasteiger partial charge in [-0.3, -0.25) is 0 Å². The first-order chi connectivity index (χ1) is 34.9. The quantitative estimate of drug-likeness (QED) is 0.157. The highest BCUT2D eigenvalue weighted by molar-refractivity contribution is 6.14. The van der Waals surface area contributed by atoms with Gasteiger partial charge in [0.2, 0.25) is 0 Å². The molecular weight excluding hydrogens is 892 g/mol. The minimum absolute atomic E-state index is 0.0285. The zero-order valence-corrected chi connectivity index (χ0v) is 40.1. The summed E-state index contributed by atoms with van der Waals surface area (Å²) in [5.74, 6) is 0. The highest BCUT2D eigenvalue weighted by atomic mass is 19.4. The molecule has 0 aliphatic carbocycles. The second kappa shape index (κ2) is 17.2. The minimum Gasteiger partial charge on any atom is -0.307 e. The molecule has 12 rings (SSSR count). The molecule has 12 aromatic rings. The molecule has 72 heavy (non-hydrogen) atoms. The first-order valence-electron chi connectivity index (χ1n) is 24.1. The van der Waals surface area contributed by atoms with Crippen molar-refractivity contribution in [1.82, 2.24) is 9.13 Å². The number of hydrogen-bond donors (Lipinski definition) is 0. The second-order valence-corrected chi connectivity index (χ2v) is 19.1. The molecule has 0 radical (unpaired) electrons. The van der Waals surface area contributed by atoms with Crippen molar-refractivity contribution in [2.75, 3.05) is 0 Å². The number of aromatic nitrogens is 2. The Morgan fingerprint density at radius 2 is 0.667 bits per heavy atom. The standard InChI is InChI=1S/C66H46F3N3/c1-40-8-16-45(17-9-40)49-24-28-54-55-29-25-50(46-18-10-41(2)11-19-46)34-61(55)71(60(54)33-49)64-37-58(53-7-5-6-44(32-53)39-70)59(66(67,68)69)38-65(64)72-62-35-51(47-20-12-42(3)13-21-47)26-30-56(62)57-31-27-52(36-63(57)72)48-22-14-43(4)15-23-48/h5-38H,1-4H3. The Morgan fingerprint density at radius 3 is 0.986 bits per heavy atom. The van der Waals surface area contributed by atoms with E-state index in [2.05, 4.69) is 208 Å². The summed E-state index contributed by atoms with van der Waals surface area (Å²) in [5.41, 5.74) is 16.2. The Morgan fingerprint density at radius 1 is 0.347 bits per heavy atom. The Balaban J connectivity index is 1.27. The third-order valence-electron chi connectivity index (χ3n) is 14.3. The number of aryl methyl sites for hydroxylation is 4. The molecule has 6 heteroatoms. The zero-order chi connectivity index (χ0) is 49.4. The molecule has 2 aromatic heterocycles. The number of nitriles is 1. The molecule has 0 aliphatic heterocycles. The van der Waals surface area contributed by atoms with Crippen LogP contribution in [0.4, 0.5) is 13.2 Å². The van der Waals surface area contributed by atoms with Crippen LogP contribution >= 0.6 is 0 Å². The summed E-state index contributed by atoms with van der Waals surface area (Å²) in [7, 11) is 0. The van der Waals surface area contributed by atoms with Crippen molar-refractivity contribution in [3.05, 3.63) is 240 Å². The molecular formula is C66H46F3N3. The first kappa shape index (κ1) is 44.3. The maximum atomic E-state index is 16.2.